The minimum atomic E-state index is -4.03. The van der Waals surface area contributed by atoms with Crippen LogP contribution in [-0.4, -0.2) is 24.5 Å². The summed E-state index contributed by atoms with van der Waals surface area (Å²) in [5.74, 6) is -0.534. The lowest BCUT2D eigenvalue weighted by Gasteiger charge is -2.02. The molecule has 0 bridgehead atoms. The molecular formula is C11H8N4O7S. The number of nitro groups is 2. The van der Waals surface area contributed by atoms with Crippen molar-refractivity contribution in [2.45, 2.75) is 4.90 Å². The summed E-state index contributed by atoms with van der Waals surface area (Å²) < 4.78 is 28.5. The van der Waals surface area contributed by atoms with E-state index in [1.54, 1.807) is 0 Å². The van der Waals surface area contributed by atoms with Crippen LogP contribution >= 0.6 is 0 Å². The summed E-state index contributed by atoms with van der Waals surface area (Å²) in [6.45, 7) is 0. The van der Waals surface area contributed by atoms with Crippen molar-refractivity contribution in [3.63, 3.8) is 0 Å². The molecule has 0 aliphatic heterocycles. The normalized spacial score (nSPS) is 11.5. The van der Waals surface area contributed by atoms with Gasteiger partial charge >= 0.3 is 5.88 Å². The summed E-state index contributed by atoms with van der Waals surface area (Å²) in [7, 11) is -4.03. The van der Waals surface area contributed by atoms with Gasteiger partial charge in [0.2, 0.25) is 0 Å². The van der Waals surface area contributed by atoms with E-state index in [1.807, 2.05) is 4.83 Å². The molecule has 2 rings (SSSR count). The lowest BCUT2D eigenvalue weighted by atomic mass is 10.3. The Kier molecular flexibility index (Phi) is 4.36. The van der Waals surface area contributed by atoms with Gasteiger partial charge in [-0.3, -0.25) is 20.2 Å². The second-order valence-corrected chi connectivity index (χ2v) is 5.70. The van der Waals surface area contributed by atoms with Crippen LogP contribution in [0.4, 0.5) is 11.6 Å². The van der Waals surface area contributed by atoms with Crippen LogP contribution < -0.4 is 4.83 Å². The maximum atomic E-state index is 11.9. The molecule has 11 nitrogen and oxygen atoms in total. The smallest absolute Gasteiger partial charge is 0.400 e. The Morgan fingerprint density at radius 3 is 2.22 bits per heavy atom. The van der Waals surface area contributed by atoms with Crippen molar-refractivity contribution in [3.8, 4) is 0 Å². The Labute approximate surface area is 128 Å². The fourth-order valence-electron chi connectivity index (χ4n) is 1.47. The second-order valence-electron chi connectivity index (χ2n) is 4.04. The molecule has 12 heteroatoms. The molecule has 0 fully saturated rings. The average molecular weight is 340 g/mol. The third-order valence-corrected chi connectivity index (χ3v) is 3.75. The molecule has 0 atom stereocenters. The van der Waals surface area contributed by atoms with E-state index >= 15 is 0 Å². The Bertz CT molecular complexity index is 870. The van der Waals surface area contributed by atoms with E-state index < -0.39 is 25.8 Å². The fourth-order valence-corrected chi connectivity index (χ4v) is 2.26. The topological polar surface area (TPSA) is 158 Å². The first-order valence-corrected chi connectivity index (χ1v) is 7.31. The van der Waals surface area contributed by atoms with Crippen LogP contribution in [0.2, 0.25) is 0 Å². The Balaban J connectivity index is 2.09. The van der Waals surface area contributed by atoms with Crippen LogP contribution in [0, 0.1) is 20.2 Å². The maximum Gasteiger partial charge on any atom is 0.433 e. The lowest BCUT2D eigenvalue weighted by molar-refractivity contribution is -0.402. The van der Waals surface area contributed by atoms with Crippen molar-refractivity contribution in [2.24, 2.45) is 5.10 Å². The predicted molar refractivity (Wildman–Crippen MR) is 76.4 cm³/mol. The van der Waals surface area contributed by atoms with Gasteiger partial charge in [0, 0.05) is 12.1 Å². The zero-order valence-corrected chi connectivity index (χ0v) is 12.0. The molecule has 1 aromatic heterocycles. The van der Waals surface area contributed by atoms with Crippen molar-refractivity contribution in [1.82, 2.24) is 4.83 Å². The van der Waals surface area contributed by atoms with Crippen LogP contribution in [0.15, 0.2) is 50.8 Å². The number of hydrazone groups is 1. The highest BCUT2D eigenvalue weighted by atomic mass is 32.2. The van der Waals surface area contributed by atoms with Crippen LogP contribution in [0.1, 0.15) is 5.76 Å². The molecule has 0 amide bonds. The van der Waals surface area contributed by atoms with Crippen molar-refractivity contribution in [2.75, 3.05) is 0 Å². The number of rotatable bonds is 6. The van der Waals surface area contributed by atoms with E-state index in [0.717, 1.165) is 36.5 Å². The quantitative estimate of drug-likeness (QED) is 0.472. The van der Waals surface area contributed by atoms with Gasteiger partial charge in [-0.05, 0) is 18.2 Å². The third-order valence-electron chi connectivity index (χ3n) is 2.52. The Morgan fingerprint density at radius 2 is 1.70 bits per heavy atom. The minimum Gasteiger partial charge on any atom is -0.400 e. The standard InChI is InChI=1S/C11H8N4O7S/c16-14(17)8-1-4-10(5-2-8)23(20,21)13-12-7-9-3-6-11(22-9)15(18)19/h1-7,13H/b12-7+. The third kappa shape index (κ3) is 3.88. The minimum absolute atomic E-state index is 0.0249. The maximum absolute atomic E-state index is 11.9. The van der Waals surface area contributed by atoms with Crippen molar-refractivity contribution >= 4 is 27.8 Å². The van der Waals surface area contributed by atoms with Gasteiger partial charge in [-0.25, -0.2) is 0 Å². The molecule has 1 heterocycles. The molecule has 0 saturated heterocycles. The highest BCUT2D eigenvalue weighted by Crippen LogP contribution is 2.16. The van der Waals surface area contributed by atoms with Gasteiger partial charge in [-0.1, -0.05) is 0 Å². The van der Waals surface area contributed by atoms with Crippen LogP contribution in [-0.2, 0) is 10.0 Å². The molecule has 120 valence electrons. The summed E-state index contributed by atoms with van der Waals surface area (Å²) in [6.07, 6.45) is 0.940. The van der Waals surface area contributed by atoms with E-state index in [4.69, 9.17) is 4.42 Å². The number of hydrogen-bond donors (Lipinski definition) is 1. The molecule has 0 unspecified atom stereocenters. The number of sulfonamides is 1. The molecule has 1 N–H and O–H groups in total. The molecule has 0 spiro atoms. The molecule has 23 heavy (non-hydrogen) atoms. The molecule has 0 radical (unpaired) electrons. The summed E-state index contributed by atoms with van der Waals surface area (Å²) in [6, 6.07) is 6.50. The molecular weight excluding hydrogens is 332 g/mol. The first-order valence-electron chi connectivity index (χ1n) is 5.83. The predicted octanol–water partition coefficient (Wildman–Crippen LogP) is 1.41. The highest BCUT2D eigenvalue weighted by Gasteiger charge is 2.15. The number of benzene rings is 1. The zero-order valence-electron chi connectivity index (χ0n) is 11.1. The summed E-state index contributed by atoms with van der Waals surface area (Å²) >= 11 is 0. The summed E-state index contributed by atoms with van der Waals surface area (Å²) in [5, 5.41) is 24.3. The number of hydrogen-bond acceptors (Lipinski definition) is 8. The van der Waals surface area contributed by atoms with E-state index in [0.29, 0.717) is 0 Å². The van der Waals surface area contributed by atoms with Crippen LogP contribution in [0.5, 0.6) is 0 Å². The number of non-ortho nitro benzene ring substituents is 1. The lowest BCUT2D eigenvalue weighted by Crippen LogP contribution is -2.18. The molecule has 0 aliphatic rings. The van der Waals surface area contributed by atoms with E-state index in [1.165, 1.54) is 6.07 Å². The van der Waals surface area contributed by atoms with Crippen molar-refractivity contribution in [1.29, 1.82) is 0 Å². The summed E-state index contributed by atoms with van der Waals surface area (Å²) in [5.41, 5.74) is -0.254. The monoisotopic (exact) mass is 340 g/mol. The molecule has 2 aromatic rings. The number of furan rings is 1. The SMILES string of the molecule is O=[N+]([O-])c1ccc(S(=O)(=O)N/N=C/c2ccc([N+](=O)[O-])o2)cc1. The van der Waals surface area contributed by atoms with Gasteiger partial charge < -0.3 is 4.42 Å². The number of nitro benzene ring substituents is 1. The van der Waals surface area contributed by atoms with Gasteiger partial charge in [-0.15, -0.1) is 0 Å². The van der Waals surface area contributed by atoms with E-state index in [2.05, 4.69) is 5.10 Å². The second kappa shape index (κ2) is 6.23. The first-order chi connectivity index (χ1) is 10.8. The molecule has 0 saturated carbocycles. The van der Waals surface area contributed by atoms with Gasteiger partial charge in [0.25, 0.3) is 15.7 Å². The average Bonchev–Trinajstić information content (AvgIpc) is 2.96. The van der Waals surface area contributed by atoms with Gasteiger partial charge in [-0.2, -0.15) is 18.4 Å². The number of nitrogens with zero attached hydrogens (tertiary/aromatic N) is 3. The Morgan fingerprint density at radius 1 is 1.04 bits per heavy atom. The molecule has 1 aromatic carbocycles. The zero-order chi connectivity index (χ0) is 17.0. The molecule has 0 aliphatic carbocycles. The van der Waals surface area contributed by atoms with Gasteiger partial charge in [0.05, 0.1) is 22.1 Å². The van der Waals surface area contributed by atoms with E-state index in [9.17, 15) is 28.6 Å². The summed E-state index contributed by atoms with van der Waals surface area (Å²) in [4.78, 5) is 21.1. The van der Waals surface area contributed by atoms with Crippen LogP contribution in [0.3, 0.4) is 0 Å². The fraction of sp³-hybridized carbons (Fsp3) is 0. The van der Waals surface area contributed by atoms with E-state index in [-0.39, 0.29) is 16.3 Å². The number of nitrogens with one attached hydrogen (secondary N) is 1. The van der Waals surface area contributed by atoms with Gasteiger partial charge in [0.15, 0.2) is 5.76 Å². The first kappa shape index (κ1) is 16.1. The van der Waals surface area contributed by atoms with Crippen LogP contribution in [0.25, 0.3) is 0 Å². The Hall–Kier alpha value is -3.28. The largest absolute Gasteiger partial charge is 0.433 e. The van der Waals surface area contributed by atoms with Gasteiger partial charge in [0.1, 0.15) is 4.92 Å². The van der Waals surface area contributed by atoms with Crippen molar-refractivity contribution in [3.05, 3.63) is 62.4 Å². The van der Waals surface area contributed by atoms with Crippen molar-refractivity contribution < 1.29 is 22.7 Å². The highest BCUT2D eigenvalue weighted by molar-refractivity contribution is 7.89.